The molecule has 212 valence electrons. The molecule has 1 aliphatic carbocycles. The highest BCUT2D eigenvalue weighted by Crippen LogP contribution is 2.40. The monoisotopic (exact) mass is 586 g/mol. The molecule has 18 nitrogen and oxygen atoms in total. The Balaban J connectivity index is 1.51. The summed E-state index contributed by atoms with van der Waals surface area (Å²) >= 11 is 0.978. The van der Waals surface area contributed by atoms with Crippen molar-refractivity contribution in [3.63, 3.8) is 0 Å². The molecule has 0 unspecified atom stereocenters. The zero-order valence-electron chi connectivity index (χ0n) is 20.3. The molecular weight excluding hydrogens is 560 g/mol. The van der Waals surface area contributed by atoms with Crippen LogP contribution in [0.15, 0.2) is 16.7 Å². The Morgan fingerprint density at radius 2 is 2.10 bits per heavy atom. The van der Waals surface area contributed by atoms with Gasteiger partial charge in [-0.05, 0) is 19.5 Å². The van der Waals surface area contributed by atoms with Gasteiger partial charge in [0, 0.05) is 31.0 Å². The first kappa shape index (κ1) is 28.3. The number of nitrogen functional groups attached to an aromatic ring is 1. The van der Waals surface area contributed by atoms with Crippen LogP contribution in [-0.4, -0.2) is 96.6 Å². The van der Waals surface area contributed by atoms with Gasteiger partial charge in [0.15, 0.2) is 10.8 Å². The number of nitrogens with zero attached hydrogens (tertiary/aromatic N) is 6. The van der Waals surface area contributed by atoms with Crippen molar-refractivity contribution >= 4 is 50.3 Å². The summed E-state index contributed by atoms with van der Waals surface area (Å²) in [5.41, 5.74) is 9.52. The summed E-state index contributed by atoms with van der Waals surface area (Å²) in [4.78, 5) is 46.4. The number of oxime groups is 1. The van der Waals surface area contributed by atoms with E-state index in [0.29, 0.717) is 25.3 Å². The molecule has 0 bridgehead atoms. The number of rotatable bonds is 14. The number of anilines is 1. The molecule has 1 saturated heterocycles. The molecule has 0 spiro atoms. The SMILES string of the molecule is NCCCNCc1cn(C[C@@H]2[C@H](NC(=O)/C(=N/OC3(C(=O)O)CC3)c3csc(N)n3)C(=O)N2S(=O)(=O)O)nn1. The highest BCUT2D eigenvalue weighted by Gasteiger charge is 2.56. The van der Waals surface area contributed by atoms with E-state index in [0.717, 1.165) is 17.8 Å². The third kappa shape index (κ3) is 6.30. The maximum Gasteiger partial charge on any atom is 0.362 e. The third-order valence-electron chi connectivity index (χ3n) is 5.91. The maximum atomic E-state index is 13.2. The summed E-state index contributed by atoms with van der Waals surface area (Å²) in [6, 6.07) is -2.70. The number of carboxylic acid groups (broad SMARTS) is 1. The topological polar surface area (TPSA) is 270 Å². The Labute approximate surface area is 225 Å². The second-order valence-corrected chi connectivity index (χ2v) is 11.0. The predicted octanol–water partition coefficient (Wildman–Crippen LogP) is -2.71. The van der Waals surface area contributed by atoms with E-state index in [4.69, 9.17) is 16.3 Å². The van der Waals surface area contributed by atoms with Crippen LogP contribution in [0.25, 0.3) is 0 Å². The lowest BCUT2D eigenvalue weighted by Crippen LogP contribution is -2.73. The lowest BCUT2D eigenvalue weighted by molar-refractivity contribution is -0.153. The van der Waals surface area contributed by atoms with Gasteiger partial charge in [0.2, 0.25) is 5.60 Å². The highest BCUT2D eigenvalue weighted by molar-refractivity contribution is 7.84. The molecule has 0 radical (unpaired) electrons. The van der Waals surface area contributed by atoms with Crippen molar-refractivity contribution in [2.75, 3.05) is 18.8 Å². The first-order valence-electron chi connectivity index (χ1n) is 11.6. The van der Waals surface area contributed by atoms with Gasteiger partial charge < -0.3 is 32.0 Å². The highest BCUT2D eigenvalue weighted by atomic mass is 32.2. The molecule has 2 aromatic rings. The largest absolute Gasteiger partial charge is 0.478 e. The van der Waals surface area contributed by atoms with Crippen LogP contribution in [0.4, 0.5) is 5.13 Å². The summed E-state index contributed by atoms with van der Waals surface area (Å²) in [6.45, 7) is 1.28. The minimum absolute atomic E-state index is 0.0470. The third-order valence-corrected chi connectivity index (χ3v) is 7.54. The Kier molecular flexibility index (Phi) is 8.11. The van der Waals surface area contributed by atoms with E-state index in [9.17, 15) is 32.5 Å². The molecule has 0 aromatic carbocycles. The summed E-state index contributed by atoms with van der Waals surface area (Å²) in [6.07, 6.45) is 2.62. The molecule has 8 N–H and O–H groups in total. The number of carbonyl (C=O) groups excluding carboxylic acids is 2. The fourth-order valence-corrected chi connectivity index (χ4v) is 5.11. The Hall–Kier alpha value is -3.72. The van der Waals surface area contributed by atoms with Gasteiger partial charge in [-0.15, -0.1) is 16.4 Å². The van der Waals surface area contributed by atoms with Crippen molar-refractivity contribution in [1.82, 2.24) is 34.9 Å². The zero-order valence-corrected chi connectivity index (χ0v) is 21.9. The van der Waals surface area contributed by atoms with Crippen molar-refractivity contribution < 1.29 is 37.3 Å². The van der Waals surface area contributed by atoms with E-state index >= 15 is 0 Å². The van der Waals surface area contributed by atoms with Crippen LogP contribution in [0, 0.1) is 0 Å². The quantitative estimate of drug-likeness (QED) is 0.0432. The minimum atomic E-state index is -4.97. The number of hydrogen-bond acceptors (Lipinski definition) is 14. The lowest BCUT2D eigenvalue weighted by atomic mass is 9.98. The average Bonchev–Trinajstić information content (AvgIpc) is 3.33. The van der Waals surface area contributed by atoms with E-state index < -0.39 is 51.5 Å². The van der Waals surface area contributed by atoms with Gasteiger partial charge in [-0.25, -0.2) is 14.1 Å². The van der Waals surface area contributed by atoms with Gasteiger partial charge in [-0.2, -0.15) is 8.42 Å². The molecule has 2 aromatic heterocycles. The fraction of sp³-hybridized carbons (Fsp3) is 0.526. The number of aliphatic carboxylic acids is 1. The number of carbonyl (C=O) groups is 3. The van der Waals surface area contributed by atoms with E-state index in [1.54, 1.807) is 0 Å². The van der Waals surface area contributed by atoms with E-state index in [-0.39, 0.29) is 34.5 Å². The lowest BCUT2D eigenvalue weighted by Gasteiger charge is -2.43. The number of nitrogens with one attached hydrogen (secondary N) is 2. The van der Waals surface area contributed by atoms with Crippen LogP contribution in [0.1, 0.15) is 30.7 Å². The molecule has 39 heavy (non-hydrogen) atoms. The molecule has 2 fully saturated rings. The predicted molar refractivity (Wildman–Crippen MR) is 133 cm³/mol. The Morgan fingerprint density at radius 1 is 1.36 bits per heavy atom. The summed E-state index contributed by atoms with van der Waals surface area (Å²) in [5, 5.41) is 27.8. The van der Waals surface area contributed by atoms with Crippen molar-refractivity contribution in [1.29, 1.82) is 0 Å². The van der Waals surface area contributed by atoms with E-state index in [1.165, 1.54) is 16.3 Å². The van der Waals surface area contributed by atoms with Crippen molar-refractivity contribution in [2.24, 2.45) is 10.9 Å². The van der Waals surface area contributed by atoms with Gasteiger partial charge in [0.05, 0.1) is 18.3 Å². The minimum Gasteiger partial charge on any atom is -0.478 e. The van der Waals surface area contributed by atoms with Crippen LogP contribution in [0.5, 0.6) is 0 Å². The number of hydrogen-bond donors (Lipinski definition) is 6. The van der Waals surface area contributed by atoms with Crippen molar-refractivity contribution in [2.45, 2.75) is 50.0 Å². The van der Waals surface area contributed by atoms with E-state index in [1.807, 2.05) is 0 Å². The summed E-state index contributed by atoms with van der Waals surface area (Å²) in [5.74, 6) is -3.38. The Morgan fingerprint density at radius 3 is 2.69 bits per heavy atom. The van der Waals surface area contributed by atoms with Gasteiger partial charge in [0.1, 0.15) is 11.7 Å². The summed E-state index contributed by atoms with van der Waals surface area (Å²) < 4.78 is 34.8. The van der Waals surface area contributed by atoms with Gasteiger partial charge in [-0.1, -0.05) is 10.4 Å². The fourth-order valence-electron chi connectivity index (χ4n) is 3.69. The zero-order chi connectivity index (χ0) is 28.4. The molecule has 1 aliphatic heterocycles. The van der Waals surface area contributed by atoms with Crippen molar-refractivity contribution in [3.05, 3.63) is 23.0 Å². The van der Waals surface area contributed by atoms with Crippen molar-refractivity contribution in [3.8, 4) is 0 Å². The number of β-lactam (4-membered cyclic amide) rings is 1. The number of nitrogens with two attached hydrogens (primary N) is 2. The van der Waals surface area contributed by atoms with E-state index in [2.05, 4.69) is 31.1 Å². The molecule has 2 atom stereocenters. The summed E-state index contributed by atoms with van der Waals surface area (Å²) in [7, 11) is -4.97. The standard InChI is InChI=1S/C19H26N10O8S2/c20-4-1-5-22-6-10-7-28(27-25-10)8-12-14(16(31)29(12)39(34,35)36)24-15(30)13(11-9-38-18(21)23-11)26-37-19(2-3-19)17(32)33/h7,9,12,14,22H,1-6,8,20H2,(H2,21,23)(H,24,30)(H,32,33)(H,34,35,36)/b26-13+/t12-,14+/m1/s1. The Bertz CT molecular complexity index is 1390. The normalized spacial score (nSPS) is 20.4. The van der Waals surface area contributed by atoms with Crippen LogP contribution in [0.3, 0.4) is 0 Å². The average molecular weight is 587 g/mol. The molecule has 1 saturated carbocycles. The first-order valence-corrected chi connectivity index (χ1v) is 13.8. The van der Waals surface area contributed by atoms with Crippen LogP contribution >= 0.6 is 11.3 Å². The number of carboxylic acids is 1. The number of aromatic nitrogens is 4. The smallest absolute Gasteiger partial charge is 0.362 e. The van der Waals surface area contributed by atoms with Crippen LogP contribution in [-0.2, 0) is 42.6 Å². The molecule has 3 heterocycles. The van der Waals surface area contributed by atoms with Gasteiger partial charge >= 0.3 is 16.3 Å². The second kappa shape index (κ2) is 11.2. The molecular formula is C19H26N10O8S2. The molecule has 2 amide bonds. The second-order valence-electron chi connectivity index (χ2n) is 8.78. The molecule has 20 heteroatoms. The molecule has 4 rings (SSSR count). The van der Waals surface area contributed by atoms with Crippen LogP contribution in [0.2, 0.25) is 0 Å². The van der Waals surface area contributed by atoms with Gasteiger partial charge in [0.25, 0.3) is 11.8 Å². The first-order chi connectivity index (χ1) is 18.4. The number of thiazole rings is 1. The van der Waals surface area contributed by atoms with Crippen LogP contribution < -0.4 is 22.1 Å². The molecule has 2 aliphatic rings. The number of amides is 2. The maximum absolute atomic E-state index is 13.2. The van der Waals surface area contributed by atoms with Gasteiger partial charge in [-0.3, -0.25) is 18.8 Å².